The van der Waals surface area contributed by atoms with Crippen LogP contribution in [0, 0.1) is 5.92 Å². The van der Waals surface area contributed by atoms with E-state index in [9.17, 15) is 10.2 Å². The summed E-state index contributed by atoms with van der Waals surface area (Å²) in [6.45, 7) is 3.73. The van der Waals surface area contributed by atoms with Crippen LogP contribution >= 0.6 is 11.6 Å². The SMILES string of the molecule is CC(C)[C@H](O)[C@H](N)c1cc(Cl)ccc1O. The van der Waals surface area contributed by atoms with Gasteiger partial charge < -0.3 is 15.9 Å². The molecule has 0 saturated heterocycles. The highest BCUT2D eigenvalue weighted by molar-refractivity contribution is 6.30. The molecule has 3 nitrogen and oxygen atoms in total. The molecule has 0 unspecified atom stereocenters. The van der Waals surface area contributed by atoms with Gasteiger partial charge in [-0.25, -0.2) is 0 Å². The van der Waals surface area contributed by atoms with Gasteiger partial charge in [0, 0.05) is 10.6 Å². The smallest absolute Gasteiger partial charge is 0.120 e. The molecular formula is C11H16ClNO2. The number of hydrogen-bond donors (Lipinski definition) is 3. The Hall–Kier alpha value is -0.770. The Labute approximate surface area is 94.5 Å². The molecule has 4 heteroatoms. The van der Waals surface area contributed by atoms with E-state index in [1.807, 2.05) is 13.8 Å². The maximum Gasteiger partial charge on any atom is 0.120 e. The molecule has 0 radical (unpaired) electrons. The summed E-state index contributed by atoms with van der Waals surface area (Å²) in [6, 6.07) is 4.01. The fraction of sp³-hybridized carbons (Fsp3) is 0.455. The molecule has 2 atom stereocenters. The number of hydrogen-bond acceptors (Lipinski definition) is 3. The third-order valence-corrected chi connectivity index (χ3v) is 2.63. The van der Waals surface area contributed by atoms with Crippen molar-refractivity contribution in [2.75, 3.05) is 0 Å². The van der Waals surface area contributed by atoms with E-state index in [0.717, 1.165) is 0 Å². The van der Waals surface area contributed by atoms with Gasteiger partial charge >= 0.3 is 0 Å². The molecule has 0 aliphatic rings. The van der Waals surface area contributed by atoms with Crippen LogP contribution in [0.1, 0.15) is 25.5 Å². The van der Waals surface area contributed by atoms with E-state index in [1.165, 1.54) is 6.07 Å². The van der Waals surface area contributed by atoms with E-state index in [1.54, 1.807) is 12.1 Å². The summed E-state index contributed by atoms with van der Waals surface area (Å²) in [5, 5.41) is 19.9. The second kappa shape index (κ2) is 4.84. The number of phenolic OH excluding ortho intramolecular Hbond substituents is 1. The molecule has 0 saturated carbocycles. The van der Waals surface area contributed by atoms with E-state index in [2.05, 4.69) is 0 Å². The van der Waals surface area contributed by atoms with Crippen molar-refractivity contribution in [2.45, 2.75) is 26.0 Å². The van der Waals surface area contributed by atoms with Gasteiger partial charge in [0.25, 0.3) is 0 Å². The van der Waals surface area contributed by atoms with E-state index >= 15 is 0 Å². The molecule has 1 rings (SSSR count). The van der Waals surface area contributed by atoms with E-state index < -0.39 is 12.1 Å². The topological polar surface area (TPSA) is 66.5 Å². The van der Waals surface area contributed by atoms with Gasteiger partial charge in [0.1, 0.15) is 5.75 Å². The molecule has 0 fully saturated rings. The molecule has 0 aliphatic heterocycles. The first-order chi connectivity index (χ1) is 6.93. The Kier molecular flexibility index (Phi) is 3.97. The standard InChI is InChI=1S/C11H16ClNO2/c1-6(2)11(15)10(13)8-5-7(12)3-4-9(8)14/h3-6,10-11,14-15H,13H2,1-2H3/t10-,11+/m1/s1. The van der Waals surface area contributed by atoms with Crippen LogP contribution in [0.2, 0.25) is 5.02 Å². The van der Waals surface area contributed by atoms with Crippen LogP contribution in [-0.2, 0) is 0 Å². The fourth-order valence-electron chi connectivity index (χ4n) is 1.39. The van der Waals surface area contributed by atoms with Gasteiger partial charge in [0.2, 0.25) is 0 Å². The van der Waals surface area contributed by atoms with Gasteiger partial charge in [-0.1, -0.05) is 25.4 Å². The Morgan fingerprint density at radius 2 is 1.93 bits per heavy atom. The first kappa shape index (κ1) is 12.3. The normalized spacial score (nSPS) is 15.3. The summed E-state index contributed by atoms with van der Waals surface area (Å²) in [4.78, 5) is 0. The highest BCUT2D eigenvalue weighted by atomic mass is 35.5. The lowest BCUT2D eigenvalue weighted by atomic mass is 9.94. The van der Waals surface area contributed by atoms with Crippen molar-refractivity contribution in [3.8, 4) is 5.75 Å². The van der Waals surface area contributed by atoms with Crippen molar-refractivity contribution in [1.82, 2.24) is 0 Å². The Balaban J connectivity index is 2.99. The zero-order chi connectivity index (χ0) is 11.6. The van der Waals surface area contributed by atoms with Crippen molar-refractivity contribution >= 4 is 11.6 Å². The van der Waals surface area contributed by atoms with Gasteiger partial charge in [-0.05, 0) is 24.1 Å². The van der Waals surface area contributed by atoms with E-state index in [-0.39, 0.29) is 11.7 Å². The number of aromatic hydroxyl groups is 1. The largest absolute Gasteiger partial charge is 0.508 e. The molecular weight excluding hydrogens is 214 g/mol. The summed E-state index contributed by atoms with van der Waals surface area (Å²) in [6.07, 6.45) is -0.700. The number of benzene rings is 1. The molecule has 0 heterocycles. The predicted octanol–water partition coefficient (Wildman–Crippen LogP) is 2.06. The minimum absolute atomic E-state index is 0.0263. The first-order valence-electron chi connectivity index (χ1n) is 4.85. The summed E-state index contributed by atoms with van der Waals surface area (Å²) in [5.41, 5.74) is 6.32. The van der Waals surface area contributed by atoms with Crippen molar-refractivity contribution in [1.29, 1.82) is 0 Å². The zero-order valence-electron chi connectivity index (χ0n) is 8.81. The molecule has 0 aliphatic carbocycles. The first-order valence-corrected chi connectivity index (χ1v) is 5.23. The van der Waals surface area contributed by atoms with Crippen molar-refractivity contribution in [2.24, 2.45) is 11.7 Å². The van der Waals surface area contributed by atoms with Crippen molar-refractivity contribution < 1.29 is 10.2 Å². The van der Waals surface area contributed by atoms with Crippen molar-refractivity contribution in [3.63, 3.8) is 0 Å². The van der Waals surface area contributed by atoms with Crippen LogP contribution < -0.4 is 5.73 Å². The van der Waals surface area contributed by atoms with E-state index in [4.69, 9.17) is 17.3 Å². The number of rotatable bonds is 3. The molecule has 1 aromatic carbocycles. The quantitative estimate of drug-likeness (QED) is 0.743. The average Bonchev–Trinajstić information content (AvgIpc) is 2.19. The number of halogens is 1. The molecule has 0 bridgehead atoms. The van der Waals surface area contributed by atoms with Crippen LogP contribution in [0.5, 0.6) is 5.75 Å². The maximum atomic E-state index is 9.78. The minimum atomic E-state index is -0.700. The zero-order valence-corrected chi connectivity index (χ0v) is 9.57. The second-order valence-corrected chi connectivity index (χ2v) is 4.40. The van der Waals surface area contributed by atoms with Crippen molar-refractivity contribution in [3.05, 3.63) is 28.8 Å². The number of nitrogens with two attached hydrogens (primary N) is 1. The molecule has 0 amide bonds. The summed E-state index contributed by atoms with van der Waals surface area (Å²) in [5.74, 6) is 0.0879. The van der Waals surface area contributed by atoms with E-state index in [0.29, 0.717) is 10.6 Å². The molecule has 0 spiro atoms. The molecule has 0 aromatic heterocycles. The number of phenols is 1. The average molecular weight is 230 g/mol. The molecule has 84 valence electrons. The number of aliphatic hydroxyl groups excluding tert-OH is 1. The highest BCUT2D eigenvalue weighted by Crippen LogP contribution is 2.29. The molecule has 1 aromatic rings. The van der Waals surface area contributed by atoms with Crippen LogP contribution in [-0.4, -0.2) is 16.3 Å². The third kappa shape index (κ3) is 2.84. The molecule has 15 heavy (non-hydrogen) atoms. The third-order valence-electron chi connectivity index (χ3n) is 2.40. The Bertz CT molecular complexity index is 341. The summed E-state index contributed by atoms with van der Waals surface area (Å²) >= 11 is 5.80. The van der Waals surface area contributed by atoms with Gasteiger partial charge in [0.05, 0.1) is 12.1 Å². The lowest BCUT2D eigenvalue weighted by Crippen LogP contribution is -2.30. The summed E-state index contributed by atoms with van der Waals surface area (Å²) < 4.78 is 0. The number of aliphatic hydroxyl groups is 1. The highest BCUT2D eigenvalue weighted by Gasteiger charge is 2.22. The monoisotopic (exact) mass is 229 g/mol. The van der Waals surface area contributed by atoms with Gasteiger partial charge in [-0.3, -0.25) is 0 Å². The lowest BCUT2D eigenvalue weighted by Gasteiger charge is -2.23. The maximum absolute atomic E-state index is 9.78. The van der Waals surface area contributed by atoms with Gasteiger partial charge in [-0.15, -0.1) is 0 Å². The van der Waals surface area contributed by atoms with Crippen LogP contribution in [0.3, 0.4) is 0 Å². The Morgan fingerprint density at radius 1 is 1.33 bits per heavy atom. The van der Waals surface area contributed by atoms with Crippen LogP contribution in [0.25, 0.3) is 0 Å². The van der Waals surface area contributed by atoms with Gasteiger partial charge in [-0.2, -0.15) is 0 Å². The second-order valence-electron chi connectivity index (χ2n) is 3.96. The van der Waals surface area contributed by atoms with Crippen LogP contribution in [0.4, 0.5) is 0 Å². The predicted molar refractivity (Wildman–Crippen MR) is 60.9 cm³/mol. The van der Waals surface area contributed by atoms with Crippen LogP contribution in [0.15, 0.2) is 18.2 Å². The Morgan fingerprint density at radius 3 is 2.47 bits per heavy atom. The molecule has 4 N–H and O–H groups in total. The summed E-state index contributed by atoms with van der Waals surface area (Å²) in [7, 11) is 0. The van der Waals surface area contributed by atoms with Gasteiger partial charge in [0.15, 0.2) is 0 Å². The minimum Gasteiger partial charge on any atom is -0.508 e. The lowest BCUT2D eigenvalue weighted by molar-refractivity contribution is 0.0970. The fourth-order valence-corrected chi connectivity index (χ4v) is 1.57.